The van der Waals surface area contributed by atoms with Gasteiger partial charge in [-0.3, -0.25) is 9.78 Å². The third-order valence-electron chi connectivity index (χ3n) is 4.39. The van der Waals surface area contributed by atoms with Crippen molar-refractivity contribution in [3.05, 3.63) is 65.6 Å². The molecule has 26 heavy (non-hydrogen) atoms. The van der Waals surface area contributed by atoms with Gasteiger partial charge in [0.15, 0.2) is 5.82 Å². The van der Waals surface area contributed by atoms with Crippen molar-refractivity contribution < 1.29 is 4.79 Å². The zero-order valence-electron chi connectivity index (χ0n) is 14.7. The second-order valence-corrected chi connectivity index (χ2v) is 6.47. The molecule has 1 aromatic carbocycles. The summed E-state index contributed by atoms with van der Waals surface area (Å²) in [6.07, 6.45) is 3.92. The van der Waals surface area contributed by atoms with Gasteiger partial charge in [-0.15, -0.1) is 0 Å². The van der Waals surface area contributed by atoms with Gasteiger partial charge < -0.3 is 10.6 Å². The van der Waals surface area contributed by atoms with Gasteiger partial charge in [0.1, 0.15) is 5.82 Å². The van der Waals surface area contributed by atoms with Crippen LogP contribution in [-0.2, 0) is 11.2 Å². The van der Waals surface area contributed by atoms with Gasteiger partial charge in [0.2, 0.25) is 5.91 Å². The molecule has 130 valence electrons. The molecular formula is C20H19N5O. The lowest BCUT2D eigenvalue weighted by Gasteiger charge is -2.17. The second-order valence-electron chi connectivity index (χ2n) is 6.47. The number of aromatic nitrogens is 3. The van der Waals surface area contributed by atoms with Gasteiger partial charge in [-0.2, -0.15) is 0 Å². The molecule has 0 aliphatic carbocycles. The number of anilines is 2. The van der Waals surface area contributed by atoms with Crippen LogP contribution < -0.4 is 10.6 Å². The Morgan fingerprint density at radius 3 is 2.88 bits per heavy atom. The van der Waals surface area contributed by atoms with Crippen molar-refractivity contribution >= 4 is 17.4 Å². The summed E-state index contributed by atoms with van der Waals surface area (Å²) in [7, 11) is 0. The maximum absolute atomic E-state index is 11.5. The molecule has 0 radical (unpaired) electrons. The Kier molecular flexibility index (Phi) is 4.08. The number of benzene rings is 1. The molecule has 0 saturated heterocycles. The summed E-state index contributed by atoms with van der Waals surface area (Å²) in [5, 5.41) is 6.30. The molecule has 0 saturated carbocycles. The average Bonchev–Trinajstić information content (AvgIpc) is 3.01. The van der Waals surface area contributed by atoms with Gasteiger partial charge in [0, 0.05) is 41.4 Å². The zero-order chi connectivity index (χ0) is 18.1. The summed E-state index contributed by atoms with van der Waals surface area (Å²) < 4.78 is 0. The molecule has 6 nitrogen and oxygen atoms in total. The normalized spacial score (nSPS) is 13.8. The summed E-state index contributed by atoms with van der Waals surface area (Å²) in [5.41, 5.74) is 4.82. The Bertz CT molecular complexity index is 971. The summed E-state index contributed by atoms with van der Waals surface area (Å²) >= 11 is 0. The molecule has 3 heterocycles. The summed E-state index contributed by atoms with van der Waals surface area (Å²) in [6, 6.07) is 11.8. The highest BCUT2D eigenvalue weighted by Gasteiger charge is 2.19. The van der Waals surface area contributed by atoms with Crippen LogP contribution in [0.5, 0.6) is 0 Å². The molecule has 4 rings (SSSR count). The fraction of sp³-hybridized carbons (Fsp3) is 0.200. The van der Waals surface area contributed by atoms with Gasteiger partial charge in [-0.25, -0.2) is 9.97 Å². The van der Waals surface area contributed by atoms with Crippen LogP contribution in [0.4, 0.5) is 11.5 Å². The van der Waals surface area contributed by atoms with Crippen LogP contribution in [-0.4, -0.2) is 20.9 Å². The van der Waals surface area contributed by atoms with E-state index in [4.69, 9.17) is 0 Å². The molecule has 1 unspecified atom stereocenters. The molecule has 1 aliphatic rings. The lowest BCUT2D eigenvalue weighted by atomic mass is 10.0. The number of aryl methyl sites for hydroxylation is 1. The molecule has 1 amide bonds. The first-order chi connectivity index (χ1) is 12.6. The van der Waals surface area contributed by atoms with E-state index in [0.717, 1.165) is 33.9 Å². The largest absolute Gasteiger partial charge is 0.363 e. The quantitative estimate of drug-likeness (QED) is 0.756. The van der Waals surface area contributed by atoms with Gasteiger partial charge >= 0.3 is 0 Å². The molecule has 6 heteroatoms. The first kappa shape index (κ1) is 16.2. The van der Waals surface area contributed by atoms with Crippen molar-refractivity contribution in [2.45, 2.75) is 26.3 Å². The minimum atomic E-state index is 0.0466. The maximum Gasteiger partial charge on any atom is 0.228 e. The minimum Gasteiger partial charge on any atom is -0.363 e. The number of hydrogen-bond acceptors (Lipinski definition) is 5. The Morgan fingerprint density at radius 2 is 2.08 bits per heavy atom. The van der Waals surface area contributed by atoms with E-state index in [1.54, 1.807) is 12.4 Å². The molecule has 2 aromatic heterocycles. The third-order valence-corrected chi connectivity index (χ3v) is 4.39. The van der Waals surface area contributed by atoms with Crippen LogP contribution in [0.2, 0.25) is 0 Å². The Labute approximate surface area is 151 Å². The van der Waals surface area contributed by atoms with Gasteiger partial charge in [0.25, 0.3) is 0 Å². The van der Waals surface area contributed by atoms with Crippen LogP contribution in [0.15, 0.2) is 48.8 Å². The van der Waals surface area contributed by atoms with E-state index in [2.05, 4.69) is 38.6 Å². The zero-order valence-corrected chi connectivity index (χ0v) is 14.7. The second kappa shape index (κ2) is 6.55. The number of rotatable bonds is 4. The van der Waals surface area contributed by atoms with Crippen molar-refractivity contribution in [2.24, 2.45) is 0 Å². The fourth-order valence-corrected chi connectivity index (χ4v) is 3.09. The van der Waals surface area contributed by atoms with Crippen molar-refractivity contribution in [1.82, 2.24) is 15.0 Å². The van der Waals surface area contributed by atoms with Gasteiger partial charge in [-0.1, -0.05) is 12.1 Å². The lowest BCUT2D eigenvalue weighted by Crippen LogP contribution is -2.09. The number of carbonyl (C=O) groups excluding carboxylic acids is 1. The molecule has 0 bridgehead atoms. The number of pyridine rings is 1. The molecule has 3 aromatic rings. The topological polar surface area (TPSA) is 79.8 Å². The summed E-state index contributed by atoms with van der Waals surface area (Å²) in [5.74, 6) is 1.46. The SMILES string of the molecule is Cc1cc(NC(C)c2ccc3c(c2)CC(=O)N3)nc(-c2cccnc2)n1. The van der Waals surface area contributed by atoms with Crippen LogP contribution in [0, 0.1) is 6.92 Å². The number of hydrogen-bond donors (Lipinski definition) is 2. The first-order valence-corrected chi connectivity index (χ1v) is 8.54. The predicted molar refractivity (Wildman–Crippen MR) is 101 cm³/mol. The molecule has 2 N–H and O–H groups in total. The minimum absolute atomic E-state index is 0.0466. The van der Waals surface area contributed by atoms with E-state index < -0.39 is 0 Å². The van der Waals surface area contributed by atoms with E-state index in [-0.39, 0.29) is 11.9 Å². The molecule has 0 spiro atoms. The van der Waals surface area contributed by atoms with Crippen LogP contribution >= 0.6 is 0 Å². The van der Waals surface area contributed by atoms with Gasteiger partial charge in [0.05, 0.1) is 6.42 Å². The number of carbonyl (C=O) groups is 1. The molecular weight excluding hydrogens is 326 g/mol. The number of nitrogens with one attached hydrogen (secondary N) is 2. The van der Waals surface area contributed by atoms with Gasteiger partial charge in [-0.05, 0) is 43.2 Å². The lowest BCUT2D eigenvalue weighted by molar-refractivity contribution is -0.115. The summed E-state index contributed by atoms with van der Waals surface area (Å²) in [6.45, 7) is 4.02. The highest BCUT2D eigenvalue weighted by Crippen LogP contribution is 2.28. The Morgan fingerprint density at radius 1 is 1.19 bits per heavy atom. The highest BCUT2D eigenvalue weighted by atomic mass is 16.1. The monoisotopic (exact) mass is 345 g/mol. The Balaban J connectivity index is 1.58. The molecule has 1 aliphatic heterocycles. The maximum atomic E-state index is 11.5. The molecule has 1 atom stereocenters. The predicted octanol–water partition coefficient (Wildman–Crippen LogP) is 3.51. The average molecular weight is 345 g/mol. The number of fused-ring (bicyclic) bond motifs is 1. The van der Waals surface area contributed by atoms with Crippen molar-refractivity contribution in [2.75, 3.05) is 10.6 Å². The Hall–Kier alpha value is -3.28. The van der Waals surface area contributed by atoms with Crippen LogP contribution in [0.1, 0.15) is 29.8 Å². The van der Waals surface area contributed by atoms with E-state index >= 15 is 0 Å². The van der Waals surface area contributed by atoms with E-state index in [1.807, 2.05) is 37.3 Å². The van der Waals surface area contributed by atoms with Crippen molar-refractivity contribution in [1.29, 1.82) is 0 Å². The fourth-order valence-electron chi connectivity index (χ4n) is 3.09. The van der Waals surface area contributed by atoms with Crippen LogP contribution in [0.3, 0.4) is 0 Å². The van der Waals surface area contributed by atoms with Crippen molar-refractivity contribution in [3.63, 3.8) is 0 Å². The summed E-state index contributed by atoms with van der Waals surface area (Å²) in [4.78, 5) is 24.8. The third kappa shape index (κ3) is 3.26. The smallest absolute Gasteiger partial charge is 0.228 e. The highest BCUT2D eigenvalue weighted by molar-refractivity contribution is 5.99. The van der Waals surface area contributed by atoms with E-state index in [0.29, 0.717) is 12.2 Å². The molecule has 0 fully saturated rings. The van der Waals surface area contributed by atoms with Crippen molar-refractivity contribution in [3.8, 4) is 11.4 Å². The first-order valence-electron chi connectivity index (χ1n) is 8.54. The number of nitrogens with zero attached hydrogens (tertiary/aromatic N) is 3. The van der Waals surface area contributed by atoms with E-state index in [1.165, 1.54) is 0 Å². The number of amides is 1. The van der Waals surface area contributed by atoms with Crippen LogP contribution in [0.25, 0.3) is 11.4 Å². The van der Waals surface area contributed by atoms with E-state index in [9.17, 15) is 4.79 Å². The standard InChI is InChI=1S/C20H19N5O/c1-12-8-18(25-20(22-12)15-4-3-7-21-11-15)23-13(2)14-5-6-17-16(9-14)10-19(26)24-17/h3-9,11,13H,10H2,1-2H3,(H,24,26)(H,22,23,25).